The zero-order valence-corrected chi connectivity index (χ0v) is 22.4. The lowest BCUT2D eigenvalue weighted by Crippen LogP contribution is -2.36. The van der Waals surface area contributed by atoms with E-state index >= 15 is 0 Å². The number of halogens is 3. The molecule has 1 saturated heterocycles. The highest BCUT2D eigenvalue weighted by Gasteiger charge is 2.33. The number of hydrogen-bond donors (Lipinski definition) is 4. The predicted octanol–water partition coefficient (Wildman–Crippen LogP) is 4.99. The summed E-state index contributed by atoms with van der Waals surface area (Å²) >= 11 is 0. The summed E-state index contributed by atoms with van der Waals surface area (Å²) in [5, 5.41) is 23.1. The van der Waals surface area contributed by atoms with E-state index in [4.69, 9.17) is 0 Å². The number of aliphatic hydroxyl groups excluding tert-OH is 1. The van der Waals surface area contributed by atoms with Gasteiger partial charge in [-0.3, -0.25) is 4.79 Å². The lowest BCUT2D eigenvalue weighted by molar-refractivity contribution is -0.137. The lowest BCUT2D eigenvalue weighted by Gasteiger charge is -2.32. The maximum absolute atomic E-state index is 13.7. The second-order valence-electron chi connectivity index (χ2n) is 9.73. The number of aryl methyl sites for hydroxylation is 1. The molecule has 4 aromatic rings. The number of aromatic nitrogens is 4. The number of amides is 1. The largest absolute Gasteiger partial charge is 0.416 e. The van der Waals surface area contributed by atoms with Crippen molar-refractivity contribution in [1.29, 1.82) is 0 Å². The summed E-state index contributed by atoms with van der Waals surface area (Å²) < 4.78 is 42.8. The van der Waals surface area contributed by atoms with E-state index in [0.29, 0.717) is 60.4 Å². The van der Waals surface area contributed by atoms with Gasteiger partial charge in [-0.15, -0.1) is 0 Å². The second-order valence-corrected chi connectivity index (χ2v) is 9.73. The average Bonchev–Trinajstić information content (AvgIpc) is 3.42. The maximum Gasteiger partial charge on any atom is 0.416 e. The SMILES string of the molecule is CNc1cc(-n2nccc2Nc2cc(NC(=O)c3cc(N4CCC(O)CC4)cc(C(F)(F)F)c3)ccc2C)ncn1. The fourth-order valence-electron chi connectivity index (χ4n) is 4.57. The van der Waals surface area contributed by atoms with E-state index < -0.39 is 23.8 Å². The predicted molar refractivity (Wildman–Crippen MR) is 150 cm³/mol. The highest BCUT2D eigenvalue weighted by Crippen LogP contribution is 2.34. The number of benzene rings is 2. The third kappa shape index (κ3) is 6.40. The van der Waals surface area contributed by atoms with Gasteiger partial charge in [-0.2, -0.15) is 23.0 Å². The van der Waals surface area contributed by atoms with Crippen molar-refractivity contribution >= 4 is 34.6 Å². The fourth-order valence-corrected chi connectivity index (χ4v) is 4.57. The molecule has 10 nitrogen and oxygen atoms in total. The molecule has 2 aromatic carbocycles. The average molecular weight is 567 g/mol. The van der Waals surface area contributed by atoms with Crippen LogP contribution in [-0.4, -0.2) is 57.0 Å². The molecular weight excluding hydrogens is 537 g/mol. The number of alkyl halides is 3. The molecule has 5 rings (SSSR count). The van der Waals surface area contributed by atoms with Crippen LogP contribution in [0.1, 0.15) is 34.3 Å². The summed E-state index contributed by atoms with van der Waals surface area (Å²) in [4.78, 5) is 23.3. The molecule has 3 heterocycles. The van der Waals surface area contributed by atoms with Gasteiger partial charge in [-0.1, -0.05) is 6.07 Å². The monoisotopic (exact) mass is 566 g/mol. The zero-order chi connectivity index (χ0) is 29.1. The Kier molecular flexibility index (Phi) is 7.79. The number of nitrogens with zero attached hydrogens (tertiary/aromatic N) is 5. The van der Waals surface area contributed by atoms with Gasteiger partial charge in [0.05, 0.1) is 17.9 Å². The number of hydrogen-bond acceptors (Lipinski definition) is 8. The zero-order valence-electron chi connectivity index (χ0n) is 22.4. The summed E-state index contributed by atoms with van der Waals surface area (Å²) in [5.74, 6) is 1.08. The maximum atomic E-state index is 13.7. The topological polar surface area (TPSA) is 120 Å². The second kappa shape index (κ2) is 11.5. The number of anilines is 5. The van der Waals surface area contributed by atoms with Crippen LogP contribution in [0.3, 0.4) is 0 Å². The van der Waals surface area contributed by atoms with Crippen LogP contribution >= 0.6 is 0 Å². The Morgan fingerprint density at radius 2 is 1.83 bits per heavy atom. The van der Waals surface area contributed by atoms with E-state index in [1.807, 2.05) is 6.92 Å². The van der Waals surface area contributed by atoms with E-state index in [2.05, 4.69) is 31.0 Å². The number of aliphatic hydroxyl groups is 1. The minimum absolute atomic E-state index is 0.113. The van der Waals surface area contributed by atoms with E-state index in [1.54, 1.807) is 53.2 Å². The van der Waals surface area contributed by atoms with Gasteiger partial charge < -0.3 is 26.0 Å². The number of piperidine rings is 1. The molecular formula is C28H29F3N8O2. The molecule has 0 atom stereocenters. The Labute approximate surface area is 234 Å². The first-order chi connectivity index (χ1) is 19.6. The van der Waals surface area contributed by atoms with Crippen LogP contribution in [0.15, 0.2) is 61.1 Å². The molecule has 2 aromatic heterocycles. The summed E-state index contributed by atoms with van der Waals surface area (Å²) in [6.07, 6.45) is -1.18. The smallest absolute Gasteiger partial charge is 0.393 e. The molecule has 0 aliphatic carbocycles. The summed E-state index contributed by atoms with van der Waals surface area (Å²) in [7, 11) is 1.75. The van der Waals surface area contributed by atoms with Crippen molar-refractivity contribution in [2.24, 2.45) is 0 Å². The van der Waals surface area contributed by atoms with Gasteiger partial charge in [-0.05, 0) is 55.7 Å². The molecule has 4 N–H and O–H groups in total. The van der Waals surface area contributed by atoms with Crippen molar-refractivity contribution in [3.8, 4) is 5.82 Å². The number of nitrogens with one attached hydrogen (secondary N) is 3. The van der Waals surface area contributed by atoms with Crippen LogP contribution in [0.4, 0.5) is 41.9 Å². The normalized spacial score (nSPS) is 14.1. The van der Waals surface area contributed by atoms with Crippen LogP contribution in [-0.2, 0) is 6.18 Å². The highest BCUT2D eigenvalue weighted by molar-refractivity contribution is 6.05. The molecule has 0 spiro atoms. The van der Waals surface area contributed by atoms with Gasteiger partial charge in [0.1, 0.15) is 18.0 Å². The first-order valence-corrected chi connectivity index (χ1v) is 13.0. The van der Waals surface area contributed by atoms with Gasteiger partial charge in [0.15, 0.2) is 5.82 Å². The van der Waals surface area contributed by atoms with Gasteiger partial charge in [0, 0.05) is 54.9 Å². The first-order valence-electron chi connectivity index (χ1n) is 13.0. The molecule has 0 saturated carbocycles. The summed E-state index contributed by atoms with van der Waals surface area (Å²) in [6, 6.07) is 12.0. The molecule has 13 heteroatoms. The van der Waals surface area contributed by atoms with Gasteiger partial charge in [0.25, 0.3) is 5.91 Å². The van der Waals surface area contributed by atoms with Gasteiger partial charge >= 0.3 is 6.18 Å². The summed E-state index contributed by atoms with van der Waals surface area (Å²) in [6.45, 7) is 2.68. The van der Waals surface area contributed by atoms with Crippen molar-refractivity contribution < 1.29 is 23.1 Å². The molecule has 0 radical (unpaired) electrons. The number of carbonyl (C=O) groups is 1. The van der Waals surface area contributed by atoms with Crippen LogP contribution in [0, 0.1) is 6.92 Å². The molecule has 1 amide bonds. The lowest BCUT2D eigenvalue weighted by atomic mass is 10.0. The number of rotatable bonds is 7. The molecule has 0 unspecified atom stereocenters. The highest BCUT2D eigenvalue weighted by atomic mass is 19.4. The molecule has 1 fully saturated rings. The van der Waals surface area contributed by atoms with Crippen molar-refractivity contribution in [3.05, 3.63) is 77.7 Å². The Morgan fingerprint density at radius 3 is 2.56 bits per heavy atom. The third-order valence-electron chi connectivity index (χ3n) is 6.86. The van der Waals surface area contributed by atoms with Gasteiger partial charge in [-0.25, -0.2) is 9.97 Å². The van der Waals surface area contributed by atoms with Crippen LogP contribution < -0.4 is 20.9 Å². The van der Waals surface area contributed by atoms with Gasteiger partial charge in [0.2, 0.25) is 0 Å². The summed E-state index contributed by atoms with van der Waals surface area (Å²) in [5.41, 5.74) is 1.19. The first kappa shape index (κ1) is 27.9. The fraction of sp³-hybridized carbons (Fsp3) is 0.286. The Morgan fingerprint density at radius 1 is 1.05 bits per heavy atom. The molecule has 41 heavy (non-hydrogen) atoms. The molecule has 1 aliphatic rings. The Balaban J connectivity index is 1.39. The number of carbonyl (C=O) groups excluding carboxylic acids is 1. The van der Waals surface area contributed by atoms with Crippen LogP contribution in [0.2, 0.25) is 0 Å². The van der Waals surface area contributed by atoms with E-state index in [-0.39, 0.29) is 5.56 Å². The van der Waals surface area contributed by atoms with Crippen molar-refractivity contribution in [3.63, 3.8) is 0 Å². The van der Waals surface area contributed by atoms with E-state index in [1.165, 1.54) is 12.4 Å². The minimum atomic E-state index is -4.62. The quantitative estimate of drug-likeness (QED) is 0.247. The third-order valence-corrected chi connectivity index (χ3v) is 6.86. The van der Waals surface area contributed by atoms with Crippen LogP contribution in [0.5, 0.6) is 0 Å². The Hall–Kier alpha value is -4.65. The van der Waals surface area contributed by atoms with E-state index in [0.717, 1.165) is 17.7 Å². The van der Waals surface area contributed by atoms with Crippen molar-refractivity contribution in [2.45, 2.75) is 32.0 Å². The minimum Gasteiger partial charge on any atom is -0.393 e. The molecule has 0 bridgehead atoms. The van der Waals surface area contributed by atoms with Crippen molar-refractivity contribution in [2.75, 3.05) is 41.0 Å². The standard InChI is InChI=1S/C28H29F3N8O2/c1-17-3-4-20(14-23(17)37-25-5-8-35-39(25)26-15-24(32-2)33-16-34-26)36-27(41)18-11-19(28(29,30)31)13-21(12-18)38-9-6-22(40)7-10-38/h3-5,8,11-16,22,37,40H,6-7,9-10H2,1-2H3,(H,36,41)(H,32,33,34). The van der Waals surface area contributed by atoms with Crippen molar-refractivity contribution in [1.82, 2.24) is 19.7 Å². The van der Waals surface area contributed by atoms with E-state index in [9.17, 15) is 23.1 Å². The van der Waals surface area contributed by atoms with Crippen LogP contribution in [0.25, 0.3) is 5.82 Å². The molecule has 1 aliphatic heterocycles. The molecule has 214 valence electrons. The Bertz CT molecular complexity index is 1550.